The highest BCUT2D eigenvalue weighted by molar-refractivity contribution is 7.17. The van der Waals surface area contributed by atoms with Gasteiger partial charge in [0.25, 0.3) is 0 Å². The van der Waals surface area contributed by atoms with E-state index >= 15 is 0 Å². The van der Waals surface area contributed by atoms with E-state index in [-0.39, 0.29) is 28.5 Å². The molecule has 0 aliphatic carbocycles. The van der Waals surface area contributed by atoms with E-state index in [4.69, 9.17) is 8.83 Å². The van der Waals surface area contributed by atoms with E-state index in [2.05, 4.69) is 303 Å². The second-order valence-corrected chi connectivity index (χ2v) is 28.8. The lowest BCUT2D eigenvalue weighted by Crippen LogP contribution is -2.61. The number of furan rings is 2. The molecule has 0 spiro atoms. The molecule has 7 heteroatoms. The first-order valence-corrected chi connectivity index (χ1v) is 30.9. The second kappa shape index (κ2) is 18.9. The predicted molar refractivity (Wildman–Crippen MR) is 365 cm³/mol. The van der Waals surface area contributed by atoms with Crippen LogP contribution in [0.5, 0.6) is 0 Å². The topological polar surface area (TPSA) is 36.0 Å². The summed E-state index contributed by atoms with van der Waals surface area (Å²) in [5.74, 6) is 0. The van der Waals surface area contributed by atoms with Crippen molar-refractivity contribution in [2.45, 2.75) is 105 Å². The van der Waals surface area contributed by atoms with Gasteiger partial charge in [-0.3, -0.25) is 0 Å². The number of thiophene rings is 1. The fourth-order valence-corrected chi connectivity index (χ4v) is 14.2. The maximum atomic E-state index is 7.30. The summed E-state index contributed by atoms with van der Waals surface area (Å²) in [7, 11) is 0. The van der Waals surface area contributed by atoms with Gasteiger partial charge in [-0.2, -0.15) is 0 Å². The largest absolute Gasteiger partial charge is 0.456 e. The van der Waals surface area contributed by atoms with E-state index < -0.39 is 0 Å². The Bertz CT molecular complexity index is 4750. The molecule has 0 amide bonds. The van der Waals surface area contributed by atoms with E-state index in [1.807, 2.05) is 0 Å². The summed E-state index contributed by atoms with van der Waals surface area (Å²) >= 11 is 1.80. The van der Waals surface area contributed by atoms with Crippen molar-refractivity contribution in [2.24, 2.45) is 0 Å². The average Bonchev–Trinajstić information content (AvgIpc) is 1.73. The Morgan fingerprint density at radius 1 is 0.412 bits per heavy atom. The van der Waals surface area contributed by atoms with Crippen LogP contribution in [0.15, 0.2) is 214 Å². The summed E-state index contributed by atoms with van der Waals surface area (Å²) in [5.41, 5.74) is 24.3. The van der Waals surface area contributed by atoms with E-state index in [1.165, 1.54) is 54.4 Å². The van der Waals surface area contributed by atoms with Crippen LogP contribution in [0.2, 0.25) is 0 Å². The first-order chi connectivity index (χ1) is 40.7. The fraction of sp³-hybridized carbons (Fsp3) is 0.205. The summed E-state index contributed by atoms with van der Waals surface area (Å²) in [5, 5.41) is 7.75. The molecule has 418 valence electrons. The third-order valence-corrected chi connectivity index (χ3v) is 19.0. The van der Waals surface area contributed by atoms with Crippen LogP contribution in [0.1, 0.15) is 105 Å². The average molecular weight is 1120 g/mol. The van der Waals surface area contributed by atoms with Crippen LogP contribution in [0, 0.1) is 0 Å². The highest BCUT2D eigenvalue weighted by Crippen LogP contribution is 2.54. The molecule has 0 saturated heterocycles. The predicted octanol–water partition coefficient (Wildman–Crippen LogP) is 21.7. The van der Waals surface area contributed by atoms with Crippen LogP contribution in [0.25, 0.3) is 76.2 Å². The molecule has 3 aromatic heterocycles. The Morgan fingerprint density at radius 3 is 1.66 bits per heavy atom. The van der Waals surface area contributed by atoms with Crippen molar-refractivity contribution in [1.29, 1.82) is 0 Å². The molecule has 0 bridgehead atoms. The third kappa shape index (κ3) is 8.63. The van der Waals surface area contributed by atoms with Gasteiger partial charge >= 0.3 is 6.85 Å². The van der Waals surface area contributed by atoms with Crippen molar-refractivity contribution in [3.8, 4) is 22.3 Å². The van der Waals surface area contributed by atoms with Crippen LogP contribution in [-0.4, -0.2) is 6.85 Å². The molecule has 5 nitrogen and oxygen atoms in total. The molecule has 0 saturated carbocycles. The van der Waals surface area contributed by atoms with Crippen LogP contribution in [0.4, 0.5) is 45.5 Å². The maximum Gasteiger partial charge on any atom is 0.333 e. The van der Waals surface area contributed by atoms with Crippen LogP contribution in [-0.2, 0) is 21.7 Å². The minimum absolute atomic E-state index is 0.0230. The molecule has 0 fully saturated rings. The minimum atomic E-state index is -0.265. The number of hydrogen-bond donors (Lipinski definition) is 0. The van der Waals surface area contributed by atoms with Crippen molar-refractivity contribution in [1.82, 2.24) is 0 Å². The van der Waals surface area contributed by atoms with Crippen LogP contribution < -0.4 is 25.5 Å². The van der Waals surface area contributed by atoms with E-state index in [9.17, 15) is 0 Å². The summed E-state index contributed by atoms with van der Waals surface area (Å²) in [6, 6.07) is 75.4. The minimum Gasteiger partial charge on any atom is -0.456 e. The van der Waals surface area contributed by atoms with Gasteiger partial charge in [0.05, 0.1) is 5.69 Å². The van der Waals surface area contributed by atoms with Gasteiger partial charge in [0.1, 0.15) is 22.3 Å². The van der Waals surface area contributed by atoms with Crippen molar-refractivity contribution < 1.29 is 8.83 Å². The lowest BCUT2D eigenvalue weighted by atomic mass is 9.43. The standard InChI is InChI=1S/C78H70BN3O2S/c1-75(2,3)49-22-29-53(30-23-49)80(54-31-24-50(25-32-54)76(4,5)6)56-35-36-58-60-43-62-65(46-70(60)83-69(58)42-56)82(55-33-26-51(27-34-55)77(7,8)9)79-63-45-71-48(38-39-85-71)40-66(63)81(64-37-28-52(78(10,11)12)41-59(64)47-18-14-13-15-19-47)67-44-61-57-20-16-17-21-68(57)84-74(61)72(62)73(67)79/h13-46H,1-12H3. The number of benzene rings is 10. The molecular weight excluding hydrogens is 1050 g/mol. The van der Waals surface area contributed by atoms with Gasteiger partial charge in [0.2, 0.25) is 0 Å². The zero-order chi connectivity index (χ0) is 58.6. The zero-order valence-corrected chi connectivity index (χ0v) is 51.6. The SMILES string of the molecule is CC(C)(C)c1ccc(N2B3c4cc5sccc5cc4N(c4ccc(C(C)(C)C)cc4-c4ccccc4)c4cc5c(oc6ccccc65)c(c43)-c3cc4c(cc32)oc2cc(N(c3ccc(C(C)(C)C)cc3)c3ccc(C(C)(C)C)cc3)ccc24)cc1. The first kappa shape index (κ1) is 53.0. The van der Waals surface area contributed by atoms with Crippen molar-refractivity contribution >= 4 is 129 Å². The molecule has 2 aliphatic rings. The molecule has 85 heavy (non-hydrogen) atoms. The number of nitrogens with zero attached hydrogens (tertiary/aromatic N) is 3. The van der Waals surface area contributed by atoms with E-state index in [0.29, 0.717) is 0 Å². The highest BCUT2D eigenvalue weighted by Gasteiger charge is 2.47. The summed E-state index contributed by atoms with van der Waals surface area (Å²) in [6.45, 7) is 27.2. The molecule has 10 aromatic carbocycles. The molecule has 0 atom stereocenters. The third-order valence-electron chi connectivity index (χ3n) is 18.1. The second-order valence-electron chi connectivity index (χ2n) is 27.9. The van der Waals surface area contributed by atoms with Gasteiger partial charge < -0.3 is 23.4 Å². The molecule has 0 unspecified atom stereocenters. The highest BCUT2D eigenvalue weighted by atomic mass is 32.1. The van der Waals surface area contributed by atoms with Gasteiger partial charge in [-0.1, -0.05) is 174 Å². The van der Waals surface area contributed by atoms with Crippen molar-refractivity contribution in [3.63, 3.8) is 0 Å². The molecule has 0 N–H and O–H groups in total. The monoisotopic (exact) mass is 1120 g/mol. The molecule has 15 rings (SSSR count). The quantitative estimate of drug-likeness (QED) is 0.155. The first-order valence-electron chi connectivity index (χ1n) is 30.1. The lowest BCUT2D eigenvalue weighted by molar-refractivity contribution is 0.590. The summed E-state index contributed by atoms with van der Waals surface area (Å²) < 4.78 is 15.8. The Balaban J connectivity index is 1.02. The number of rotatable bonds is 6. The van der Waals surface area contributed by atoms with Gasteiger partial charge in [-0.05, 0) is 168 Å². The number of hydrogen-bond acceptors (Lipinski definition) is 6. The Labute approximate surface area is 503 Å². The normalized spacial score (nSPS) is 13.6. The van der Waals surface area contributed by atoms with Gasteiger partial charge in [-0.15, -0.1) is 11.3 Å². The number of anilines is 8. The van der Waals surface area contributed by atoms with Gasteiger partial charge in [-0.25, -0.2) is 0 Å². The molecular formula is C78H70BN3O2S. The lowest BCUT2D eigenvalue weighted by Gasteiger charge is -2.46. The fourth-order valence-electron chi connectivity index (χ4n) is 13.4. The summed E-state index contributed by atoms with van der Waals surface area (Å²) in [4.78, 5) is 7.57. The Kier molecular flexibility index (Phi) is 11.8. The molecule has 5 heterocycles. The number of para-hydroxylation sites is 1. The Hall–Kier alpha value is -8.78. The molecule has 13 aromatic rings. The zero-order valence-electron chi connectivity index (χ0n) is 50.8. The Morgan fingerprint density at radius 2 is 1.00 bits per heavy atom. The summed E-state index contributed by atoms with van der Waals surface area (Å²) in [6.07, 6.45) is 0. The molecule has 0 radical (unpaired) electrons. The van der Waals surface area contributed by atoms with Crippen molar-refractivity contribution in [2.75, 3.05) is 14.6 Å². The van der Waals surface area contributed by atoms with Crippen molar-refractivity contribution in [3.05, 3.63) is 228 Å². The van der Waals surface area contributed by atoms with Crippen LogP contribution in [0.3, 0.4) is 0 Å². The van der Waals surface area contributed by atoms with E-state index in [0.717, 1.165) is 101 Å². The number of fused-ring (bicyclic) bond motifs is 12. The molecule has 2 aliphatic heterocycles. The van der Waals surface area contributed by atoms with E-state index in [1.54, 1.807) is 11.3 Å². The van der Waals surface area contributed by atoms with Gasteiger partial charge in [0.15, 0.2) is 0 Å². The van der Waals surface area contributed by atoms with Gasteiger partial charge in [0, 0.05) is 94.9 Å². The van der Waals surface area contributed by atoms with Crippen LogP contribution >= 0.6 is 11.3 Å². The maximum absolute atomic E-state index is 7.30. The smallest absolute Gasteiger partial charge is 0.333 e.